The Balaban J connectivity index is 1.84. The highest BCUT2D eigenvalue weighted by Crippen LogP contribution is 2.23. The molecule has 2 aromatic carbocycles. The molecule has 1 atom stereocenters. The maximum Gasteiger partial charge on any atom is 0.117 e. The summed E-state index contributed by atoms with van der Waals surface area (Å²) in [6, 6.07) is 21.5. The van der Waals surface area contributed by atoms with E-state index in [0.29, 0.717) is 12.6 Å². The smallest absolute Gasteiger partial charge is 0.117 e. The van der Waals surface area contributed by atoms with Gasteiger partial charge in [0.1, 0.15) is 11.4 Å². The number of rotatable bonds is 8. The van der Waals surface area contributed by atoms with Crippen LogP contribution in [0.15, 0.2) is 60.7 Å². The van der Waals surface area contributed by atoms with Crippen molar-refractivity contribution in [1.29, 1.82) is 0 Å². The lowest BCUT2D eigenvalue weighted by atomic mass is 10.0. The first-order valence-electron chi connectivity index (χ1n) is 9.48. The Morgan fingerprint density at radius 1 is 0.923 bits per heavy atom. The highest BCUT2D eigenvalue weighted by atomic mass is 15.5. The van der Waals surface area contributed by atoms with Gasteiger partial charge in [-0.2, -0.15) is 15.0 Å². The van der Waals surface area contributed by atoms with E-state index in [1.807, 2.05) is 23.0 Å². The Morgan fingerprint density at radius 3 is 2.19 bits per heavy atom. The van der Waals surface area contributed by atoms with Crippen LogP contribution in [0.2, 0.25) is 0 Å². The molecule has 1 aromatic heterocycles. The van der Waals surface area contributed by atoms with Gasteiger partial charge >= 0.3 is 0 Å². The lowest BCUT2D eigenvalue weighted by Gasteiger charge is -2.18. The summed E-state index contributed by atoms with van der Waals surface area (Å²) in [4.78, 5) is 1.82. The molecule has 136 valence electrons. The van der Waals surface area contributed by atoms with Crippen molar-refractivity contribution in [1.82, 2.24) is 20.3 Å². The average Bonchev–Trinajstić information content (AvgIpc) is 3.11. The van der Waals surface area contributed by atoms with Crippen molar-refractivity contribution in [2.45, 2.75) is 52.2 Å². The molecular weight excluding hydrogens is 320 g/mol. The molecule has 1 heterocycles. The van der Waals surface area contributed by atoms with Crippen molar-refractivity contribution in [2.75, 3.05) is 0 Å². The molecule has 0 aliphatic rings. The summed E-state index contributed by atoms with van der Waals surface area (Å²) in [6.45, 7) is 7.14. The van der Waals surface area contributed by atoms with Crippen LogP contribution in [0.5, 0.6) is 0 Å². The summed E-state index contributed by atoms with van der Waals surface area (Å²) >= 11 is 0. The molecule has 26 heavy (non-hydrogen) atoms. The molecule has 0 aliphatic carbocycles. The summed E-state index contributed by atoms with van der Waals surface area (Å²) in [7, 11) is 0. The standard InChI is InChI=1S/C22H28N4/c1-4-11-20(18-12-7-5-8-13-18)23-16-21-22(19-14-9-6-10-15-19)25-26(24-21)17(2)3/h5-10,12-15,17,20,23H,4,11,16H2,1-3H3/t20-/m1/s1. The molecule has 0 spiro atoms. The average molecular weight is 348 g/mol. The minimum atomic E-state index is 0.242. The largest absolute Gasteiger partial charge is 0.304 e. The Bertz CT molecular complexity index is 794. The fourth-order valence-electron chi connectivity index (χ4n) is 3.10. The van der Waals surface area contributed by atoms with Crippen LogP contribution in [0.4, 0.5) is 0 Å². The fraction of sp³-hybridized carbons (Fsp3) is 0.364. The van der Waals surface area contributed by atoms with E-state index in [4.69, 9.17) is 10.2 Å². The van der Waals surface area contributed by atoms with E-state index >= 15 is 0 Å². The zero-order valence-electron chi connectivity index (χ0n) is 15.9. The second kappa shape index (κ2) is 8.77. The molecule has 0 bridgehead atoms. The molecule has 0 fully saturated rings. The number of nitrogens with one attached hydrogen (secondary N) is 1. The first kappa shape index (κ1) is 18.3. The molecule has 4 heteroatoms. The zero-order chi connectivity index (χ0) is 18.4. The summed E-state index contributed by atoms with van der Waals surface area (Å²) in [5.74, 6) is 0. The van der Waals surface area contributed by atoms with Gasteiger partial charge in [0.2, 0.25) is 0 Å². The predicted octanol–water partition coefficient (Wildman–Crippen LogP) is 5.16. The van der Waals surface area contributed by atoms with Gasteiger partial charge in [-0.1, -0.05) is 74.0 Å². The highest BCUT2D eigenvalue weighted by molar-refractivity contribution is 5.60. The van der Waals surface area contributed by atoms with Crippen LogP contribution >= 0.6 is 0 Å². The third-order valence-corrected chi connectivity index (χ3v) is 4.50. The summed E-state index contributed by atoms with van der Waals surface area (Å²) < 4.78 is 0. The van der Waals surface area contributed by atoms with Crippen molar-refractivity contribution in [3.05, 3.63) is 71.9 Å². The zero-order valence-corrected chi connectivity index (χ0v) is 15.9. The van der Waals surface area contributed by atoms with Crippen LogP contribution in [0.25, 0.3) is 11.3 Å². The molecule has 1 N–H and O–H groups in total. The quantitative estimate of drug-likeness (QED) is 0.611. The van der Waals surface area contributed by atoms with Gasteiger partial charge in [-0.15, -0.1) is 0 Å². The maximum absolute atomic E-state index is 4.75. The minimum Gasteiger partial charge on any atom is -0.304 e. The molecule has 0 unspecified atom stereocenters. The van der Waals surface area contributed by atoms with Crippen LogP contribution in [0, 0.1) is 0 Å². The Hall–Kier alpha value is -2.46. The summed E-state index contributed by atoms with van der Waals surface area (Å²) in [6.07, 6.45) is 2.24. The Kier molecular flexibility index (Phi) is 6.18. The van der Waals surface area contributed by atoms with Crippen molar-refractivity contribution < 1.29 is 0 Å². The fourth-order valence-corrected chi connectivity index (χ4v) is 3.10. The SMILES string of the molecule is CCC[C@@H](NCc1nn(C(C)C)nc1-c1ccccc1)c1ccccc1. The van der Waals surface area contributed by atoms with Crippen molar-refractivity contribution in [2.24, 2.45) is 0 Å². The molecule has 0 saturated heterocycles. The van der Waals surface area contributed by atoms with Gasteiger partial charge in [0.15, 0.2) is 0 Å². The lowest BCUT2D eigenvalue weighted by molar-refractivity contribution is 0.453. The van der Waals surface area contributed by atoms with Crippen molar-refractivity contribution in [3.63, 3.8) is 0 Å². The van der Waals surface area contributed by atoms with Gasteiger partial charge in [0.05, 0.1) is 6.04 Å². The topological polar surface area (TPSA) is 42.7 Å². The Labute approximate surface area is 156 Å². The first-order valence-corrected chi connectivity index (χ1v) is 9.48. The van der Waals surface area contributed by atoms with Gasteiger partial charge in [-0.3, -0.25) is 0 Å². The molecule has 3 rings (SSSR count). The highest BCUT2D eigenvalue weighted by Gasteiger charge is 2.17. The summed E-state index contributed by atoms with van der Waals surface area (Å²) in [5, 5.41) is 13.2. The molecule has 3 aromatic rings. The van der Waals surface area contributed by atoms with E-state index in [9.17, 15) is 0 Å². The number of nitrogens with zero attached hydrogens (tertiary/aromatic N) is 3. The maximum atomic E-state index is 4.75. The first-order chi connectivity index (χ1) is 12.7. The number of hydrogen-bond donors (Lipinski definition) is 1. The van der Waals surface area contributed by atoms with Gasteiger partial charge in [-0.05, 0) is 25.8 Å². The monoisotopic (exact) mass is 348 g/mol. The van der Waals surface area contributed by atoms with Crippen LogP contribution in [-0.2, 0) is 6.54 Å². The van der Waals surface area contributed by atoms with Crippen LogP contribution < -0.4 is 5.32 Å². The minimum absolute atomic E-state index is 0.242. The molecule has 4 nitrogen and oxygen atoms in total. The summed E-state index contributed by atoms with van der Waals surface area (Å²) in [5.41, 5.74) is 4.41. The molecule has 0 amide bonds. The van der Waals surface area contributed by atoms with E-state index in [1.54, 1.807) is 0 Å². The third kappa shape index (κ3) is 4.38. The second-order valence-electron chi connectivity index (χ2n) is 6.91. The van der Waals surface area contributed by atoms with Crippen LogP contribution in [0.1, 0.15) is 57.0 Å². The normalized spacial score (nSPS) is 12.5. The van der Waals surface area contributed by atoms with Crippen molar-refractivity contribution >= 4 is 0 Å². The molecular formula is C22H28N4. The van der Waals surface area contributed by atoms with E-state index in [1.165, 1.54) is 5.56 Å². The van der Waals surface area contributed by atoms with Gasteiger partial charge in [0.25, 0.3) is 0 Å². The van der Waals surface area contributed by atoms with E-state index < -0.39 is 0 Å². The Morgan fingerprint density at radius 2 is 1.58 bits per heavy atom. The third-order valence-electron chi connectivity index (χ3n) is 4.50. The van der Waals surface area contributed by atoms with E-state index in [0.717, 1.165) is 29.8 Å². The lowest BCUT2D eigenvalue weighted by Crippen LogP contribution is -2.21. The predicted molar refractivity (Wildman–Crippen MR) is 107 cm³/mol. The molecule has 0 radical (unpaired) electrons. The van der Waals surface area contributed by atoms with E-state index in [2.05, 4.69) is 68.6 Å². The van der Waals surface area contributed by atoms with E-state index in [-0.39, 0.29) is 6.04 Å². The van der Waals surface area contributed by atoms with Gasteiger partial charge in [0, 0.05) is 18.2 Å². The molecule has 0 aliphatic heterocycles. The van der Waals surface area contributed by atoms with Gasteiger partial charge < -0.3 is 5.32 Å². The number of aromatic nitrogens is 3. The van der Waals surface area contributed by atoms with Crippen LogP contribution in [0.3, 0.4) is 0 Å². The van der Waals surface area contributed by atoms with Crippen LogP contribution in [-0.4, -0.2) is 15.0 Å². The second-order valence-corrected chi connectivity index (χ2v) is 6.91. The number of hydrogen-bond acceptors (Lipinski definition) is 3. The molecule has 0 saturated carbocycles. The number of benzene rings is 2. The van der Waals surface area contributed by atoms with Crippen molar-refractivity contribution in [3.8, 4) is 11.3 Å². The van der Waals surface area contributed by atoms with Gasteiger partial charge in [-0.25, -0.2) is 0 Å².